The maximum atomic E-state index is 0. The second-order valence-electron chi connectivity index (χ2n) is 0. The normalized spacial score (nSPS) is 0. The van der Waals surface area contributed by atoms with Crippen LogP contribution >= 0.6 is 0 Å². The Labute approximate surface area is 94.2 Å². The molecule has 0 bridgehead atoms. The first-order chi connectivity index (χ1) is 0. The van der Waals surface area contributed by atoms with Gasteiger partial charge in [-0.25, -0.2) is 0 Å². The third-order valence-electron chi connectivity index (χ3n) is 0. The molecule has 5 heteroatoms. The summed E-state index contributed by atoms with van der Waals surface area (Å²) in [5.74, 6) is 0. The van der Waals surface area contributed by atoms with Crippen LogP contribution in [0, 0.1) is 35.6 Å². The van der Waals surface area contributed by atoms with E-state index in [1.54, 1.807) is 0 Å². The molecule has 5 heavy (non-hydrogen) atoms. The van der Waals surface area contributed by atoms with E-state index in [0.29, 0.717) is 0 Å². The maximum Gasteiger partial charge on any atom is 3.00 e. The Kier molecular flexibility index (Phi) is 258. The van der Waals surface area contributed by atoms with Crippen molar-refractivity contribution < 1.29 is 35.6 Å². The fourth-order valence-electron chi connectivity index (χ4n) is 0. The Bertz CT molecular complexity index is 6.85. The Morgan fingerprint density at radius 2 is 0.600 bits per heavy atom. The average molecular weight is 305 g/mol. The quantitative estimate of drug-likeness (QED) is 0.535. The van der Waals surface area contributed by atoms with E-state index in [4.69, 9.17) is 0 Å². The molecule has 0 radical (unpaired) electrons. The van der Waals surface area contributed by atoms with E-state index in [9.17, 15) is 0 Å². The van der Waals surface area contributed by atoms with E-state index >= 15 is 0 Å². The third kappa shape index (κ3) is 19.8. The van der Waals surface area contributed by atoms with Crippen LogP contribution < -0.4 is 0 Å². The van der Waals surface area contributed by atoms with E-state index in [1.165, 1.54) is 0 Å². The summed E-state index contributed by atoms with van der Waals surface area (Å²) in [5.41, 5.74) is 0. The minimum atomic E-state index is 0. The Balaban J connectivity index is 0. The fraction of sp³-hybridized carbons (Fsp3) is 0. The molecule has 24 valence electrons. The molecular weight excluding hydrogens is 305 g/mol. The largest absolute Gasteiger partial charge is 3.00 e. The van der Waals surface area contributed by atoms with E-state index in [1.807, 2.05) is 0 Å². The van der Waals surface area contributed by atoms with Gasteiger partial charge in [0.2, 0.25) is 0 Å². The monoisotopic (exact) mass is 304 g/mol. The summed E-state index contributed by atoms with van der Waals surface area (Å²) in [7, 11) is 0. The van der Waals surface area contributed by atoms with Crippen molar-refractivity contribution in [1.29, 1.82) is 0 Å². The van der Waals surface area contributed by atoms with E-state index in [0.717, 1.165) is 0 Å². The first-order valence-corrected chi connectivity index (χ1v) is 0. The van der Waals surface area contributed by atoms with Crippen molar-refractivity contribution in [2.24, 2.45) is 0 Å². The van der Waals surface area contributed by atoms with Gasteiger partial charge in [0.05, 0.1) is 0 Å². The average Bonchev–Trinajstić information content (AvgIpc) is 0. The van der Waals surface area contributed by atoms with Crippen molar-refractivity contribution in [3.8, 4) is 0 Å². The zero-order chi connectivity index (χ0) is 0. The molecule has 0 fully saturated rings. The third-order valence-corrected chi connectivity index (χ3v) is 0. The van der Waals surface area contributed by atoms with Gasteiger partial charge in [0.1, 0.15) is 0 Å². The number of hydrogen-bond donors (Lipinski definition) is 0. The molecule has 0 aliphatic rings. The summed E-state index contributed by atoms with van der Waals surface area (Å²) in [6, 6.07) is 0. The molecule has 0 atom stereocenters. The second-order valence-corrected chi connectivity index (χ2v) is 0. The summed E-state index contributed by atoms with van der Waals surface area (Å²) >= 11 is 0. The van der Waals surface area contributed by atoms with Gasteiger partial charge in [0.25, 0.3) is 0 Å². The Morgan fingerprint density at radius 3 is 0.600 bits per heavy atom. The SMILES string of the molecule is [Ga+3].[La+3].[S-2].[S-2].[S-2]. The van der Waals surface area contributed by atoms with Crippen molar-refractivity contribution in [3.63, 3.8) is 0 Å². The molecule has 0 unspecified atom stereocenters. The first kappa shape index (κ1) is 45.0. The fourth-order valence-corrected chi connectivity index (χ4v) is 0. The van der Waals surface area contributed by atoms with Crippen LogP contribution in [0.25, 0.3) is 0 Å². The molecule has 0 spiro atoms. The van der Waals surface area contributed by atoms with Crippen molar-refractivity contribution in [2.45, 2.75) is 0 Å². The van der Waals surface area contributed by atoms with Crippen LogP contribution in [0.3, 0.4) is 0 Å². The minimum Gasteiger partial charge on any atom is -2.00 e. The molecule has 0 heterocycles. The van der Waals surface area contributed by atoms with Crippen molar-refractivity contribution in [2.75, 3.05) is 0 Å². The molecule has 0 saturated heterocycles. The van der Waals surface area contributed by atoms with Gasteiger partial charge in [-0.1, -0.05) is 0 Å². The van der Waals surface area contributed by atoms with Gasteiger partial charge in [-0.3, -0.25) is 0 Å². The Morgan fingerprint density at radius 1 is 0.600 bits per heavy atom. The van der Waals surface area contributed by atoms with Gasteiger partial charge in [0.15, 0.2) is 0 Å². The Hall–Kier alpha value is 2.88. The molecule has 0 saturated carbocycles. The van der Waals surface area contributed by atoms with Gasteiger partial charge in [0, 0.05) is 0 Å². The number of rotatable bonds is 0. The van der Waals surface area contributed by atoms with Crippen LogP contribution in [0.5, 0.6) is 0 Å². The molecule has 0 N–H and O–H groups in total. The predicted molar refractivity (Wildman–Crippen MR) is 27.8 cm³/mol. The second kappa shape index (κ2) is 28.7. The first-order valence-electron chi connectivity index (χ1n) is 0. The van der Waals surface area contributed by atoms with E-state index in [2.05, 4.69) is 0 Å². The van der Waals surface area contributed by atoms with Crippen molar-refractivity contribution in [3.05, 3.63) is 0 Å². The molecular formula is GaLaS3. The molecule has 0 nitrogen and oxygen atoms in total. The molecule has 0 aromatic heterocycles. The van der Waals surface area contributed by atoms with Crippen molar-refractivity contribution >= 4 is 60.3 Å². The van der Waals surface area contributed by atoms with Gasteiger partial charge in [-0.15, -0.1) is 0 Å². The summed E-state index contributed by atoms with van der Waals surface area (Å²) in [4.78, 5) is 0. The molecule has 0 aromatic carbocycles. The standard InChI is InChI=1S/Ga.La.3S/q2*+3;3*-2. The van der Waals surface area contributed by atoms with Crippen molar-refractivity contribution in [1.82, 2.24) is 0 Å². The van der Waals surface area contributed by atoms with Crippen LogP contribution in [0.15, 0.2) is 0 Å². The van der Waals surface area contributed by atoms with Gasteiger partial charge in [-0.05, 0) is 0 Å². The summed E-state index contributed by atoms with van der Waals surface area (Å²) < 4.78 is 0. The zero-order valence-electron chi connectivity index (χ0n) is 2.38. The maximum absolute atomic E-state index is 0. The predicted octanol–water partition coefficient (Wildman–Crippen LogP) is -0.388. The minimum absolute atomic E-state index is 0. The molecule has 0 rings (SSSR count). The van der Waals surface area contributed by atoms with Crippen LogP contribution in [0.2, 0.25) is 0 Å². The van der Waals surface area contributed by atoms with Crippen LogP contribution in [-0.4, -0.2) is 19.8 Å². The smallest absolute Gasteiger partial charge is 2.00 e. The van der Waals surface area contributed by atoms with E-state index < -0.39 is 0 Å². The van der Waals surface area contributed by atoms with Crippen LogP contribution in [0.1, 0.15) is 0 Å². The topological polar surface area (TPSA) is 0 Å². The van der Waals surface area contributed by atoms with Gasteiger partial charge >= 0.3 is 55.4 Å². The van der Waals surface area contributed by atoms with E-state index in [-0.39, 0.29) is 95.9 Å². The summed E-state index contributed by atoms with van der Waals surface area (Å²) in [5, 5.41) is 0. The van der Waals surface area contributed by atoms with Crippen LogP contribution in [-0.2, 0) is 40.5 Å². The zero-order valence-corrected chi connectivity index (χ0v) is 10.9. The summed E-state index contributed by atoms with van der Waals surface area (Å²) in [6.45, 7) is 0. The van der Waals surface area contributed by atoms with Gasteiger partial charge < -0.3 is 40.5 Å². The summed E-state index contributed by atoms with van der Waals surface area (Å²) in [6.07, 6.45) is 0. The van der Waals surface area contributed by atoms with Crippen LogP contribution in [0.4, 0.5) is 0 Å². The van der Waals surface area contributed by atoms with Gasteiger partial charge in [-0.2, -0.15) is 0 Å². The number of hydrogen-bond acceptors (Lipinski definition) is 0. The molecule has 0 aromatic rings. The molecule has 0 aliphatic carbocycles. The molecule has 0 aliphatic heterocycles. The molecule has 0 amide bonds.